The molecule has 2 aliphatic heterocycles. The van der Waals surface area contributed by atoms with Crippen molar-refractivity contribution in [3.8, 4) is 0 Å². The molecule has 206 valence electrons. The molecule has 2 amide bonds. The molecule has 4 N–H and O–H groups in total. The number of halogens is 4. The second-order valence-corrected chi connectivity index (χ2v) is 10.0. The van der Waals surface area contributed by atoms with Gasteiger partial charge in [0.2, 0.25) is 5.91 Å². The second kappa shape index (κ2) is 9.99. The summed E-state index contributed by atoms with van der Waals surface area (Å²) in [6.45, 7) is 2.53. The number of alkyl halides is 3. The summed E-state index contributed by atoms with van der Waals surface area (Å²) in [6.07, 6.45) is -3.52. The lowest BCUT2D eigenvalue weighted by Crippen LogP contribution is -2.41. The predicted molar refractivity (Wildman–Crippen MR) is 137 cm³/mol. The number of hydrogen-bond donors (Lipinski definition) is 3. The average molecular weight is 546 g/mol. The fraction of sp³-hybridized carbons (Fsp3) is 0.370. The molecule has 3 heterocycles. The maximum atomic E-state index is 14.8. The van der Waals surface area contributed by atoms with Gasteiger partial charge >= 0.3 is 6.18 Å². The fourth-order valence-corrected chi connectivity index (χ4v) is 5.30. The summed E-state index contributed by atoms with van der Waals surface area (Å²) in [5, 5.41) is 3.14. The van der Waals surface area contributed by atoms with Gasteiger partial charge in [0.15, 0.2) is 0 Å². The van der Waals surface area contributed by atoms with E-state index in [1.54, 1.807) is 11.8 Å². The first-order valence-corrected chi connectivity index (χ1v) is 12.6. The van der Waals surface area contributed by atoms with Crippen LogP contribution >= 0.6 is 0 Å². The topological polar surface area (TPSA) is 112 Å². The number of likely N-dealkylation sites (tertiary alicyclic amines) is 1. The standard InChI is InChI=1S/C27H27F4N5O3/c1-14-19-3-2-17(27(29,30)31)8-15(19)4-7-36(14)24(37)12-33-22-9-16-10-23(26(39)35-6-5-18(32)13-35)34-25(38)20(16)11-21(22)28/h2-3,8-11,14,18,33H,4-7,12-13,32H2,1H3,(H,34,38)/t14-,18-/m0/s1. The van der Waals surface area contributed by atoms with Crippen LogP contribution in [0.15, 0.2) is 41.2 Å². The molecule has 0 saturated carbocycles. The summed E-state index contributed by atoms with van der Waals surface area (Å²) < 4.78 is 54.0. The SMILES string of the molecule is C[C@H]1c2ccc(C(F)(F)F)cc2CCN1C(=O)CNc1cc2cc(C(=O)N3CC[C@H](N)C3)[nH]c(=O)c2cc1F. The number of amides is 2. The molecule has 1 saturated heterocycles. The van der Waals surface area contributed by atoms with Gasteiger partial charge in [0.25, 0.3) is 11.5 Å². The van der Waals surface area contributed by atoms with Crippen LogP contribution in [0.4, 0.5) is 23.2 Å². The van der Waals surface area contributed by atoms with Crippen LogP contribution in [0.3, 0.4) is 0 Å². The van der Waals surface area contributed by atoms with E-state index in [-0.39, 0.29) is 54.1 Å². The van der Waals surface area contributed by atoms with Gasteiger partial charge in [-0.3, -0.25) is 14.4 Å². The number of H-pyrrole nitrogens is 1. The lowest BCUT2D eigenvalue weighted by atomic mass is 9.91. The number of carbonyl (C=O) groups excluding carboxylic acids is 2. The quantitative estimate of drug-likeness (QED) is 0.435. The number of carbonyl (C=O) groups is 2. The Labute approximate surface area is 220 Å². The summed E-state index contributed by atoms with van der Waals surface area (Å²) >= 11 is 0. The number of aromatic amines is 1. The van der Waals surface area contributed by atoms with Crippen LogP contribution in [0.25, 0.3) is 10.8 Å². The van der Waals surface area contributed by atoms with Crippen molar-refractivity contribution in [2.24, 2.45) is 5.73 Å². The Morgan fingerprint density at radius 3 is 2.62 bits per heavy atom. The van der Waals surface area contributed by atoms with E-state index in [0.717, 1.165) is 18.2 Å². The van der Waals surface area contributed by atoms with E-state index >= 15 is 0 Å². The van der Waals surface area contributed by atoms with Gasteiger partial charge in [0.05, 0.1) is 29.2 Å². The highest BCUT2D eigenvalue weighted by atomic mass is 19.4. The fourth-order valence-electron chi connectivity index (χ4n) is 5.30. The molecule has 0 aliphatic carbocycles. The first-order valence-electron chi connectivity index (χ1n) is 12.6. The van der Waals surface area contributed by atoms with E-state index < -0.39 is 29.2 Å². The molecule has 2 aliphatic rings. The Kier molecular flexibility index (Phi) is 6.83. The largest absolute Gasteiger partial charge is 0.416 e. The van der Waals surface area contributed by atoms with E-state index in [1.807, 2.05) is 0 Å². The third-order valence-electron chi connectivity index (χ3n) is 7.43. The maximum Gasteiger partial charge on any atom is 0.416 e. The number of hydrogen-bond acceptors (Lipinski definition) is 5. The average Bonchev–Trinajstić information content (AvgIpc) is 3.33. The summed E-state index contributed by atoms with van der Waals surface area (Å²) in [5.41, 5.74) is 5.74. The molecule has 0 bridgehead atoms. The van der Waals surface area contributed by atoms with Crippen molar-refractivity contribution >= 4 is 28.3 Å². The number of nitrogens with one attached hydrogen (secondary N) is 2. The number of rotatable bonds is 4. The Morgan fingerprint density at radius 1 is 1.15 bits per heavy atom. The molecule has 1 fully saturated rings. The van der Waals surface area contributed by atoms with Crippen LogP contribution in [0.2, 0.25) is 0 Å². The number of benzene rings is 2. The highest BCUT2D eigenvalue weighted by Crippen LogP contribution is 2.35. The Bertz CT molecular complexity index is 1520. The lowest BCUT2D eigenvalue weighted by Gasteiger charge is -2.35. The number of anilines is 1. The van der Waals surface area contributed by atoms with Crippen molar-refractivity contribution in [3.05, 3.63) is 75.0 Å². The smallest absolute Gasteiger partial charge is 0.374 e. The third-order valence-corrected chi connectivity index (χ3v) is 7.43. The summed E-state index contributed by atoms with van der Waals surface area (Å²) in [6, 6.07) is 6.81. The second-order valence-electron chi connectivity index (χ2n) is 10.0. The van der Waals surface area contributed by atoms with Gasteiger partial charge in [-0.2, -0.15) is 13.2 Å². The van der Waals surface area contributed by atoms with E-state index in [1.165, 1.54) is 23.1 Å². The molecule has 1 aromatic heterocycles. The van der Waals surface area contributed by atoms with Crippen LogP contribution in [0.1, 0.15) is 46.6 Å². The van der Waals surface area contributed by atoms with Gasteiger partial charge < -0.3 is 25.8 Å². The highest BCUT2D eigenvalue weighted by molar-refractivity contribution is 5.97. The van der Waals surface area contributed by atoms with Gasteiger partial charge in [0, 0.05) is 25.7 Å². The number of nitrogens with zero attached hydrogens (tertiary/aromatic N) is 2. The Balaban J connectivity index is 1.32. The normalized spacial score (nSPS) is 19.3. The van der Waals surface area contributed by atoms with Gasteiger partial charge in [0.1, 0.15) is 11.5 Å². The minimum atomic E-state index is -4.44. The van der Waals surface area contributed by atoms with Crippen molar-refractivity contribution in [2.75, 3.05) is 31.5 Å². The minimum Gasteiger partial charge on any atom is -0.374 e. The van der Waals surface area contributed by atoms with Crippen molar-refractivity contribution < 1.29 is 27.2 Å². The molecule has 39 heavy (non-hydrogen) atoms. The van der Waals surface area contributed by atoms with Crippen LogP contribution in [0, 0.1) is 5.82 Å². The van der Waals surface area contributed by atoms with Gasteiger partial charge in [-0.05, 0) is 66.6 Å². The van der Waals surface area contributed by atoms with Crippen LogP contribution in [-0.4, -0.2) is 58.8 Å². The van der Waals surface area contributed by atoms with Gasteiger partial charge in [-0.1, -0.05) is 6.07 Å². The molecule has 0 unspecified atom stereocenters. The molecule has 12 heteroatoms. The van der Waals surface area contributed by atoms with Crippen LogP contribution in [-0.2, 0) is 17.4 Å². The number of nitrogens with two attached hydrogens (primary N) is 1. The first kappa shape index (κ1) is 26.7. The Hall–Kier alpha value is -3.93. The van der Waals surface area contributed by atoms with Crippen LogP contribution < -0.4 is 16.6 Å². The van der Waals surface area contributed by atoms with Crippen molar-refractivity contribution in [1.29, 1.82) is 0 Å². The molecule has 5 rings (SSSR count). The maximum absolute atomic E-state index is 14.8. The molecule has 2 aromatic carbocycles. The van der Waals surface area contributed by atoms with Crippen molar-refractivity contribution in [2.45, 2.75) is 38.0 Å². The molecular formula is C27H27F4N5O3. The zero-order valence-corrected chi connectivity index (χ0v) is 21.1. The Morgan fingerprint density at radius 2 is 1.92 bits per heavy atom. The molecule has 8 nitrogen and oxygen atoms in total. The highest BCUT2D eigenvalue weighted by Gasteiger charge is 2.34. The molecule has 0 radical (unpaired) electrons. The van der Waals surface area contributed by atoms with Gasteiger partial charge in [-0.15, -0.1) is 0 Å². The summed E-state index contributed by atoms with van der Waals surface area (Å²) in [7, 11) is 0. The molecular weight excluding hydrogens is 518 g/mol. The number of fused-ring (bicyclic) bond motifs is 2. The number of aromatic nitrogens is 1. The zero-order valence-electron chi connectivity index (χ0n) is 21.1. The van der Waals surface area contributed by atoms with E-state index in [9.17, 15) is 31.9 Å². The van der Waals surface area contributed by atoms with Crippen molar-refractivity contribution in [1.82, 2.24) is 14.8 Å². The zero-order chi connectivity index (χ0) is 28.1. The van der Waals surface area contributed by atoms with Crippen LogP contribution in [0.5, 0.6) is 0 Å². The number of pyridine rings is 1. The molecule has 0 spiro atoms. The summed E-state index contributed by atoms with van der Waals surface area (Å²) in [4.78, 5) is 44.0. The third kappa shape index (κ3) is 5.20. The lowest BCUT2D eigenvalue weighted by molar-refractivity contribution is -0.138. The predicted octanol–water partition coefficient (Wildman–Crippen LogP) is 3.42. The van der Waals surface area contributed by atoms with E-state index in [4.69, 9.17) is 5.73 Å². The monoisotopic (exact) mass is 545 g/mol. The minimum absolute atomic E-state index is 0.0251. The van der Waals surface area contributed by atoms with Crippen molar-refractivity contribution in [3.63, 3.8) is 0 Å². The van der Waals surface area contributed by atoms with Gasteiger partial charge in [-0.25, -0.2) is 4.39 Å². The van der Waals surface area contributed by atoms with E-state index in [0.29, 0.717) is 36.0 Å². The van der Waals surface area contributed by atoms with E-state index in [2.05, 4.69) is 10.3 Å². The summed E-state index contributed by atoms with van der Waals surface area (Å²) in [5.74, 6) is -1.49. The molecule has 3 aromatic rings. The first-order chi connectivity index (χ1) is 18.4. The molecule has 2 atom stereocenters.